The molecule has 0 aromatic heterocycles. The van der Waals surface area contributed by atoms with Crippen LogP contribution in [0.15, 0.2) is 156 Å². The quantitative estimate of drug-likeness (QED) is 0.0133. The Morgan fingerprint density at radius 1 is 0.628 bits per heavy atom. The smallest absolute Gasteiger partial charge is 0.456 e. The van der Waals surface area contributed by atoms with E-state index in [-0.39, 0.29) is 11.7 Å². The maximum atomic E-state index is 12.7. The molecule has 14 heteroatoms. The predicted octanol–water partition coefficient (Wildman–Crippen LogP) is 7.87. The number of nitrogens with one attached hydrogen (secondary N) is 1. The Morgan fingerprint density at radius 3 is 1.79 bits per heavy atom. The molecule has 1 aliphatic carbocycles. The summed E-state index contributed by atoms with van der Waals surface area (Å²) >= 11 is 0. The molecular weight excluding hydrogens is 972 g/mol. The number of carbonyl (C=O) groups is 2. The van der Waals surface area contributed by atoms with Crippen LogP contribution in [0, 0.1) is 0 Å². The minimum Gasteiger partial charge on any atom is -0.456 e. The van der Waals surface area contributed by atoms with Crippen molar-refractivity contribution in [2.75, 3.05) is 52.7 Å². The van der Waals surface area contributed by atoms with Crippen LogP contribution in [0.3, 0.4) is 0 Å². The van der Waals surface area contributed by atoms with Gasteiger partial charge in [0.2, 0.25) is 11.3 Å². The number of fused-ring (bicyclic) bond motifs is 4. The molecule has 2 aliphatic rings. The number of amides is 1. The van der Waals surface area contributed by atoms with Gasteiger partial charge in [0.05, 0.1) is 6.07 Å². The zero-order chi connectivity index (χ0) is 55.6. The molecule has 0 fully saturated rings. The van der Waals surface area contributed by atoms with Gasteiger partial charge in [0.25, 0.3) is 0 Å². The molecular formula is C64H72B2N5O7+. The molecule has 0 spiro atoms. The minimum atomic E-state index is -1.65. The lowest BCUT2D eigenvalue weighted by Gasteiger charge is -2.28. The van der Waals surface area contributed by atoms with E-state index in [1.165, 1.54) is 0 Å². The number of anilines is 1. The molecule has 1 aliphatic heterocycles. The first kappa shape index (κ1) is 56.8. The Labute approximate surface area is 459 Å². The summed E-state index contributed by atoms with van der Waals surface area (Å²) in [6.07, 6.45) is 6.79. The number of unbranched alkanes of at least 4 members (excludes halogenated alkanes) is 1. The summed E-state index contributed by atoms with van der Waals surface area (Å²) in [4.78, 5) is 32.0. The van der Waals surface area contributed by atoms with E-state index in [0.29, 0.717) is 87.1 Å². The van der Waals surface area contributed by atoms with Crippen LogP contribution in [0.2, 0.25) is 0 Å². The molecule has 1 heterocycles. The van der Waals surface area contributed by atoms with Gasteiger partial charge in [0.15, 0.2) is 5.78 Å². The second-order valence-electron chi connectivity index (χ2n) is 20.9. The van der Waals surface area contributed by atoms with Crippen LogP contribution >= 0.6 is 0 Å². The van der Waals surface area contributed by atoms with Crippen molar-refractivity contribution in [2.24, 2.45) is 0 Å². The zero-order valence-electron chi connectivity index (χ0n) is 45.9. The average molecular weight is 1040 g/mol. The Bertz CT molecular complexity index is 3580. The van der Waals surface area contributed by atoms with Crippen LogP contribution in [0.25, 0.3) is 56.0 Å². The highest BCUT2D eigenvalue weighted by atomic mass is 16.4. The highest BCUT2D eigenvalue weighted by Crippen LogP contribution is 2.38. The zero-order valence-corrected chi connectivity index (χ0v) is 45.9. The molecule has 0 radical (unpaired) electrons. The number of hydrogen-bond acceptors (Lipinski definition) is 10. The molecule has 0 bridgehead atoms. The van der Waals surface area contributed by atoms with Crippen molar-refractivity contribution < 1.29 is 34.1 Å². The molecule has 0 saturated heterocycles. The highest BCUT2D eigenvalue weighted by molar-refractivity contribution is 6.59. The summed E-state index contributed by atoms with van der Waals surface area (Å²) in [5, 5.41) is 51.3. The van der Waals surface area contributed by atoms with Crippen molar-refractivity contribution in [3.63, 3.8) is 0 Å². The second-order valence-corrected chi connectivity index (χ2v) is 20.9. The van der Waals surface area contributed by atoms with E-state index in [0.717, 1.165) is 94.7 Å². The third-order valence-corrected chi connectivity index (χ3v) is 14.6. The lowest BCUT2D eigenvalue weighted by atomic mass is 9.77. The summed E-state index contributed by atoms with van der Waals surface area (Å²) < 4.78 is 8.72. The van der Waals surface area contributed by atoms with Gasteiger partial charge < -0.3 is 34.7 Å². The van der Waals surface area contributed by atoms with Gasteiger partial charge in [-0.15, -0.1) is 0 Å². The fraction of sp³-hybridized carbons (Fsp3) is 0.266. The van der Waals surface area contributed by atoms with Crippen molar-refractivity contribution in [1.82, 2.24) is 19.7 Å². The van der Waals surface area contributed by atoms with Crippen molar-refractivity contribution >= 4 is 87.2 Å². The molecule has 0 saturated carbocycles. The van der Waals surface area contributed by atoms with E-state index in [2.05, 4.69) is 129 Å². The van der Waals surface area contributed by atoms with E-state index in [1.54, 1.807) is 32.0 Å². The molecule has 0 unspecified atom stereocenters. The third kappa shape index (κ3) is 13.6. The monoisotopic (exact) mass is 1040 g/mol. The van der Waals surface area contributed by atoms with Gasteiger partial charge in [-0.25, -0.2) is 4.58 Å². The van der Waals surface area contributed by atoms with Crippen LogP contribution < -0.4 is 31.1 Å². The first-order chi connectivity index (χ1) is 37.5. The van der Waals surface area contributed by atoms with Gasteiger partial charge in [-0.05, 0) is 135 Å². The molecule has 1 amide bonds. The molecule has 0 atom stereocenters. The van der Waals surface area contributed by atoms with Gasteiger partial charge >= 0.3 is 14.2 Å². The van der Waals surface area contributed by atoms with E-state index >= 15 is 0 Å². The average Bonchev–Trinajstić information content (AvgIpc) is 3.58. The number of allylic oxidation sites excluding steroid dienone is 1. The SMILES string of the molecule is C=C(C)C(=O)CCCCN(Cc1ccccc1B(O)O)Cc1c2ccccc2c(CN(CCCNC(=O)C(=C)C)Cc2ccccc2B(O)O)c2ccc(/C=C/c3c4ccc(=[N+](C)C)cc-4oc4cc(N(C)C)ccc34)cc12. The van der Waals surface area contributed by atoms with Crippen LogP contribution in [0.1, 0.15) is 72.9 Å². The normalized spacial score (nSPS) is 11.6. The van der Waals surface area contributed by atoms with Crippen LogP contribution in [-0.4, -0.2) is 104 Å². The highest BCUT2D eigenvalue weighted by Gasteiger charge is 2.24. The Morgan fingerprint density at radius 2 is 1.21 bits per heavy atom. The predicted molar refractivity (Wildman–Crippen MR) is 322 cm³/mol. The van der Waals surface area contributed by atoms with Crippen LogP contribution in [0.4, 0.5) is 5.69 Å². The topological polar surface area (TPSA) is 153 Å². The summed E-state index contributed by atoms with van der Waals surface area (Å²) in [5.74, 6) is 0.630. The fourth-order valence-corrected chi connectivity index (χ4v) is 10.3. The Hall–Kier alpha value is -7.42. The van der Waals surface area contributed by atoms with Gasteiger partial charge in [-0.1, -0.05) is 110 Å². The number of rotatable bonds is 24. The molecule has 12 nitrogen and oxygen atoms in total. The molecule has 400 valence electrons. The second kappa shape index (κ2) is 25.8. The van der Waals surface area contributed by atoms with Gasteiger partial charge in [-0.3, -0.25) is 19.4 Å². The van der Waals surface area contributed by atoms with Crippen molar-refractivity contribution in [2.45, 2.75) is 65.7 Å². The number of nitrogens with zero attached hydrogens (tertiary/aromatic N) is 4. The summed E-state index contributed by atoms with van der Waals surface area (Å²) in [5.41, 5.74) is 10.5. The van der Waals surface area contributed by atoms with E-state index < -0.39 is 14.2 Å². The van der Waals surface area contributed by atoms with Crippen LogP contribution in [-0.2, 0) is 35.8 Å². The number of hydrogen-bond donors (Lipinski definition) is 5. The minimum absolute atomic E-state index is 0.0488. The lowest BCUT2D eigenvalue weighted by molar-refractivity contribution is -0.117. The van der Waals surface area contributed by atoms with Gasteiger partial charge in [0.1, 0.15) is 25.4 Å². The van der Waals surface area contributed by atoms with Crippen LogP contribution in [0.5, 0.6) is 0 Å². The molecule has 6 aromatic rings. The summed E-state index contributed by atoms with van der Waals surface area (Å²) in [7, 11) is 4.78. The summed E-state index contributed by atoms with van der Waals surface area (Å²) in [6, 6.07) is 42.5. The number of benzene rings is 7. The number of carbonyl (C=O) groups excluding carboxylic acids is 2. The first-order valence-corrected chi connectivity index (χ1v) is 26.7. The summed E-state index contributed by atoms with van der Waals surface area (Å²) in [6.45, 7) is 14.6. The van der Waals surface area contributed by atoms with Crippen molar-refractivity contribution in [1.29, 1.82) is 0 Å². The largest absolute Gasteiger partial charge is 0.488 e. The molecule has 78 heavy (non-hydrogen) atoms. The lowest BCUT2D eigenvalue weighted by Crippen LogP contribution is -2.36. The molecule has 6 aromatic carbocycles. The van der Waals surface area contributed by atoms with Crippen molar-refractivity contribution in [3.8, 4) is 11.3 Å². The maximum absolute atomic E-state index is 12.7. The standard InChI is InChI=1S/C64H71B2N5O7/c1-43(2)61(72)24-15-16-34-70(39-46-18-9-13-22-59(46)65(74)75)42-58-51-21-12-11-20-50(51)57(41-71(35-17-33-67-64(73)44(3)4)40-47-19-10-14-23-60(47)66(76)77)53-30-26-45(36-56(53)58)25-29-52-54-31-27-48(68(5)6)37-62(54)78-63-38-49(69(7)8)28-32-55(52)63/h9-14,18-23,25-32,36-38,74-77H,1,3,15-17,24,33-35,39-42H2,2,4-8H3/p+1/b29-25+. The number of ketones is 1. The Kier molecular flexibility index (Phi) is 18.8. The molecule has 5 N–H and O–H groups in total. The van der Waals surface area contributed by atoms with Crippen molar-refractivity contribution in [3.05, 3.63) is 190 Å². The van der Waals surface area contributed by atoms with Gasteiger partial charge in [0, 0.05) is 94.1 Å². The number of Topliss-reactive ketones (excluding diaryl/α,β-unsaturated/α-hetero) is 1. The van der Waals surface area contributed by atoms with E-state index in [4.69, 9.17) is 4.42 Å². The fourth-order valence-electron chi connectivity index (χ4n) is 10.3. The first-order valence-electron chi connectivity index (χ1n) is 26.7. The van der Waals surface area contributed by atoms with Gasteiger partial charge in [-0.2, -0.15) is 0 Å². The third-order valence-electron chi connectivity index (χ3n) is 14.6. The van der Waals surface area contributed by atoms with E-state index in [9.17, 15) is 29.7 Å². The molecule has 8 rings (SSSR count). The van der Waals surface area contributed by atoms with E-state index in [1.807, 2.05) is 58.5 Å². The maximum Gasteiger partial charge on any atom is 0.488 e. The Balaban J connectivity index is 1.30.